The van der Waals surface area contributed by atoms with Crippen LogP contribution in [-0.4, -0.2) is 22.2 Å². The Bertz CT molecular complexity index is 149. The molecule has 0 aromatic rings. The predicted molar refractivity (Wildman–Crippen MR) is 32.2 cm³/mol. The molecule has 0 aliphatic rings. The maximum absolute atomic E-state index is 12.2. The summed E-state index contributed by atoms with van der Waals surface area (Å²) in [7, 11) is -3.33. The average molecular weight is 189 g/mol. The van der Waals surface area contributed by atoms with Crippen molar-refractivity contribution in [3.8, 4) is 0 Å². The Kier molecular flexibility index (Phi) is 3.96. The normalized spacial score (nSPS) is 16.3. The molecule has 0 radical (unpaired) electrons. The molecule has 0 heterocycles. The Balaban J connectivity index is 3.89. The van der Waals surface area contributed by atoms with Gasteiger partial charge in [0.15, 0.2) is 0 Å². The summed E-state index contributed by atoms with van der Waals surface area (Å²) in [5.41, 5.74) is 0. The number of alkyl halides is 2. The van der Waals surface area contributed by atoms with Gasteiger partial charge in [0.25, 0.3) is 0 Å². The molecule has 66 valence electrons. The highest BCUT2D eigenvalue weighted by Crippen LogP contribution is 2.32. The van der Waals surface area contributed by atoms with Crippen molar-refractivity contribution in [2.45, 2.75) is 25.6 Å². The molecule has 0 amide bonds. The van der Waals surface area contributed by atoms with Gasteiger partial charge in [-0.05, 0) is 11.4 Å². The molecule has 2 atom stereocenters. The van der Waals surface area contributed by atoms with Crippen molar-refractivity contribution in [2.24, 2.45) is 0 Å². The fourth-order valence-corrected chi connectivity index (χ4v) is 0.798. The molecule has 0 aliphatic carbocycles. The zero-order chi connectivity index (χ0) is 9.07. The van der Waals surface area contributed by atoms with Crippen LogP contribution in [0.2, 0.25) is 0 Å². The van der Waals surface area contributed by atoms with Crippen LogP contribution >= 0.6 is 8.25 Å². The maximum atomic E-state index is 12.2. The Hall–Kier alpha value is -0.160. The van der Waals surface area contributed by atoms with Gasteiger partial charge >= 0.3 is 14.4 Å². The van der Waals surface area contributed by atoms with Gasteiger partial charge in [-0.1, -0.05) is 0 Å². The lowest BCUT2D eigenvalue weighted by Gasteiger charge is -2.09. The lowest BCUT2D eigenvalue weighted by atomic mass is 10.3. The van der Waals surface area contributed by atoms with Crippen LogP contribution in [0.3, 0.4) is 0 Å². The Labute approximate surface area is 62.7 Å². The minimum Gasteiger partial charge on any atom is -0.393 e. The highest BCUT2D eigenvalue weighted by atomic mass is 31.1. The van der Waals surface area contributed by atoms with Crippen LogP contribution in [0.4, 0.5) is 8.78 Å². The van der Waals surface area contributed by atoms with Crippen molar-refractivity contribution in [1.29, 1.82) is 0 Å². The van der Waals surface area contributed by atoms with Crippen LogP contribution < -0.4 is 0 Å². The Morgan fingerprint density at radius 3 is 2.45 bits per heavy atom. The summed E-state index contributed by atoms with van der Waals surface area (Å²) in [6, 6.07) is 0. The third-order valence-corrected chi connectivity index (χ3v) is 1.17. The molecule has 0 bridgehead atoms. The molecule has 0 saturated heterocycles. The molecule has 0 aromatic carbocycles. The lowest BCUT2D eigenvalue weighted by molar-refractivity contribution is -0.193. The molecule has 11 heavy (non-hydrogen) atoms. The van der Waals surface area contributed by atoms with E-state index in [1.165, 1.54) is 0 Å². The van der Waals surface area contributed by atoms with Crippen molar-refractivity contribution in [3.63, 3.8) is 0 Å². The van der Waals surface area contributed by atoms with Crippen molar-refractivity contribution < 1.29 is 27.9 Å². The van der Waals surface area contributed by atoms with E-state index in [0.717, 1.165) is 6.92 Å². The van der Waals surface area contributed by atoms with Gasteiger partial charge in [-0.3, -0.25) is 0 Å². The van der Waals surface area contributed by atoms with E-state index in [-0.39, 0.29) is 0 Å². The molecular formula is C4H8F2O4P+. The first-order chi connectivity index (χ1) is 4.83. The number of aliphatic hydroxyl groups excluding tert-OH is 1. The Morgan fingerprint density at radius 2 is 2.18 bits per heavy atom. The molecule has 0 aliphatic heterocycles. The largest absolute Gasteiger partial charge is 0.701 e. The summed E-state index contributed by atoms with van der Waals surface area (Å²) in [6.07, 6.45) is -6.01. The van der Waals surface area contributed by atoms with Gasteiger partial charge in [0.2, 0.25) is 0 Å². The molecule has 7 heteroatoms. The van der Waals surface area contributed by atoms with E-state index in [2.05, 4.69) is 4.52 Å². The van der Waals surface area contributed by atoms with Gasteiger partial charge in [-0.15, -0.1) is 4.89 Å². The fourth-order valence-electron chi connectivity index (χ4n) is 0.495. The fraction of sp³-hybridized carbons (Fsp3) is 1.00. The van der Waals surface area contributed by atoms with Gasteiger partial charge in [0.05, 0.1) is 12.5 Å². The summed E-state index contributed by atoms with van der Waals surface area (Å²) < 4.78 is 37.5. The third-order valence-electron chi connectivity index (χ3n) is 0.745. The first-order valence-corrected chi connectivity index (χ1v) is 3.87. The molecule has 0 spiro atoms. The maximum Gasteiger partial charge on any atom is 0.701 e. The molecule has 2 unspecified atom stereocenters. The van der Waals surface area contributed by atoms with Crippen LogP contribution in [0.5, 0.6) is 0 Å². The topological polar surface area (TPSA) is 66.8 Å². The highest BCUT2D eigenvalue weighted by Gasteiger charge is 2.41. The van der Waals surface area contributed by atoms with E-state index in [0.29, 0.717) is 0 Å². The van der Waals surface area contributed by atoms with Crippen LogP contribution in [0, 0.1) is 0 Å². The van der Waals surface area contributed by atoms with Gasteiger partial charge in [-0.25, -0.2) is 0 Å². The zero-order valence-corrected chi connectivity index (χ0v) is 6.59. The molecule has 0 fully saturated rings. The van der Waals surface area contributed by atoms with Gasteiger partial charge in [0.1, 0.15) is 0 Å². The smallest absolute Gasteiger partial charge is 0.393 e. The van der Waals surface area contributed by atoms with Gasteiger partial charge in [-0.2, -0.15) is 8.78 Å². The number of halogens is 2. The van der Waals surface area contributed by atoms with Crippen LogP contribution in [-0.2, 0) is 9.09 Å². The van der Waals surface area contributed by atoms with Crippen molar-refractivity contribution >= 4 is 8.25 Å². The highest BCUT2D eigenvalue weighted by molar-refractivity contribution is 7.32. The second-order valence-corrected chi connectivity index (χ2v) is 2.68. The van der Waals surface area contributed by atoms with Crippen molar-refractivity contribution in [1.82, 2.24) is 0 Å². The molecular weight excluding hydrogens is 181 g/mol. The van der Waals surface area contributed by atoms with E-state index in [1.807, 2.05) is 0 Å². The van der Waals surface area contributed by atoms with E-state index >= 15 is 0 Å². The second-order valence-electron chi connectivity index (χ2n) is 2.02. The van der Waals surface area contributed by atoms with E-state index in [9.17, 15) is 13.3 Å². The average Bonchev–Trinajstić information content (AvgIpc) is 1.53. The summed E-state index contributed by atoms with van der Waals surface area (Å²) in [4.78, 5) is 7.93. The van der Waals surface area contributed by atoms with Crippen LogP contribution in [0.15, 0.2) is 0 Å². The molecule has 4 nitrogen and oxygen atoms in total. The summed E-state index contributed by atoms with van der Waals surface area (Å²) in [5, 5.41) is 8.46. The van der Waals surface area contributed by atoms with Crippen molar-refractivity contribution in [2.75, 3.05) is 0 Å². The molecule has 0 saturated carbocycles. The zero-order valence-electron chi connectivity index (χ0n) is 5.70. The minimum atomic E-state index is -3.74. The standard InChI is InChI=1S/C4H7F2O4P/c1-3(7)2-4(5,6)10-11(8)9/h3,7H,2H2,1H3/p+1. The Morgan fingerprint density at radius 1 is 1.73 bits per heavy atom. The van der Waals surface area contributed by atoms with E-state index < -0.39 is 26.9 Å². The summed E-state index contributed by atoms with van der Waals surface area (Å²) in [6.45, 7) is 1.13. The third kappa shape index (κ3) is 6.25. The SMILES string of the molecule is CC(O)CC(F)(F)O[P+](=O)O. The van der Waals surface area contributed by atoms with E-state index in [1.54, 1.807) is 0 Å². The van der Waals surface area contributed by atoms with Crippen LogP contribution in [0.25, 0.3) is 0 Å². The van der Waals surface area contributed by atoms with Crippen molar-refractivity contribution in [3.05, 3.63) is 0 Å². The van der Waals surface area contributed by atoms with Crippen LogP contribution in [0.1, 0.15) is 13.3 Å². The quantitative estimate of drug-likeness (QED) is 0.647. The van der Waals surface area contributed by atoms with Gasteiger partial charge in [0, 0.05) is 4.57 Å². The summed E-state index contributed by atoms with van der Waals surface area (Å²) in [5.74, 6) is 0. The molecule has 2 N–H and O–H groups in total. The first-order valence-electron chi connectivity index (χ1n) is 2.74. The van der Waals surface area contributed by atoms with E-state index in [4.69, 9.17) is 10.00 Å². The molecule has 0 aromatic heterocycles. The molecule has 0 rings (SSSR count). The number of hydrogen-bond acceptors (Lipinski definition) is 3. The monoisotopic (exact) mass is 189 g/mol. The predicted octanol–water partition coefficient (Wildman–Crippen LogP) is 1.02. The number of hydrogen-bond donors (Lipinski definition) is 2. The van der Waals surface area contributed by atoms with Gasteiger partial charge < -0.3 is 5.11 Å². The lowest BCUT2D eigenvalue weighted by Crippen LogP contribution is -2.23. The number of aliphatic hydroxyl groups is 1. The second kappa shape index (κ2) is 4.01. The number of rotatable bonds is 4. The minimum absolute atomic E-state index is 0.991. The first kappa shape index (κ1) is 10.8. The summed E-state index contributed by atoms with van der Waals surface area (Å²) >= 11 is 0.